The second kappa shape index (κ2) is 6.46. The van der Waals surface area contributed by atoms with Crippen LogP contribution in [0.4, 0.5) is 0 Å². The summed E-state index contributed by atoms with van der Waals surface area (Å²) in [6.07, 6.45) is 0.980. The van der Waals surface area contributed by atoms with Gasteiger partial charge in [-0.05, 0) is 55.9 Å². The second-order valence-electron chi connectivity index (χ2n) is 5.65. The third kappa shape index (κ3) is 3.25. The number of nitrogens with zero attached hydrogens (tertiary/aromatic N) is 2. The maximum atomic E-state index is 4.29. The Bertz CT molecular complexity index is 575. The van der Waals surface area contributed by atoms with Gasteiger partial charge in [-0.15, -0.1) is 5.10 Å². The maximum Gasteiger partial charge on any atom is 0.0829 e. The van der Waals surface area contributed by atoms with Crippen molar-refractivity contribution in [2.45, 2.75) is 46.1 Å². The molecule has 0 aliphatic rings. The summed E-state index contributed by atoms with van der Waals surface area (Å²) in [5, 5.41) is 7.72. The predicted molar refractivity (Wildman–Crippen MR) is 85.4 cm³/mol. The Morgan fingerprint density at radius 1 is 1.25 bits per heavy atom. The lowest BCUT2D eigenvalue weighted by molar-refractivity contribution is 0.588. The van der Waals surface area contributed by atoms with Crippen molar-refractivity contribution >= 4 is 11.5 Å². The van der Waals surface area contributed by atoms with Gasteiger partial charge in [0.2, 0.25) is 0 Å². The molecule has 0 saturated heterocycles. The van der Waals surface area contributed by atoms with Crippen molar-refractivity contribution in [1.82, 2.24) is 14.9 Å². The van der Waals surface area contributed by atoms with Crippen molar-refractivity contribution in [3.05, 3.63) is 45.5 Å². The van der Waals surface area contributed by atoms with Crippen molar-refractivity contribution in [2.24, 2.45) is 0 Å². The molecule has 1 unspecified atom stereocenters. The summed E-state index contributed by atoms with van der Waals surface area (Å²) in [5.41, 5.74) is 5.18. The highest BCUT2D eigenvalue weighted by molar-refractivity contribution is 7.05. The van der Waals surface area contributed by atoms with E-state index >= 15 is 0 Å². The molecule has 0 aliphatic carbocycles. The smallest absolute Gasteiger partial charge is 0.0829 e. The Morgan fingerprint density at radius 2 is 2.00 bits per heavy atom. The molecule has 1 atom stereocenters. The van der Waals surface area contributed by atoms with Gasteiger partial charge in [0, 0.05) is 6.04 Å². The topological polar surface area (TPSA) is 37.8 Å². The molecule has 0 spiro atoms. The highest BCUT2D eigenvalue weighted by Crippen LogP contribution is 2.29. The Balaban J connectivity index is 2.29. The van der Waals surface area contributed by atoms with Gasteiger partial charge < -0.3 is 5.32 Å². The average Bonchev–Trinajstić information content (AvgIpc) is 2.89. The van der Waals surface area contributed by atoms with Crippen LogP contribution in [0.1, 0.15) is 53.1 Å². The lowest BCUT2D eigenvalue weighted by Crippen LogP contribution is -2.20. The zero-order chi connectivity index (χ0) is 14.7. The van der Waals surface area contributed by atoms with Crippen LogP contribution in [-0.2, 0) is 6.42 Å². The zero-order valence-corrected chi connectivity index (χ0v) is 13.7. The summed E-state index contributed by atoms with van der Waals surface area (Å²) in [6, 6.07) is 6.93. The predicted octanol–water partition coefficient (Wildman–Crippen LogP) is 3.78. The number of likely N-dealkylation sites (N-methyl/N-ethyl adjacent to an activating group) is 1. The van der Waals surface area contributed by atoms with Crippen molar-refractivity contribution in [2.75, 3.05) is 7.05 Å². The van der Waals surface area contributed by atoms with Crippen LogP contribution in [0, 0.1) is 13.8 Å². The van der Waals surface area contributed by atoms with E-state index in [1.54, 1.807) is 0 Å². The molecule has 4 heteroatoms. The first-order valence-corrected chi connectivity index (χ1v) is 7.85. The molecule has 20 heavy (non-hydrogen) atoms. The SMILES string of the molecule is CNC(Cc1cc(C)ccc1C)c1snnc1C(C)C. The first-order valence-electron chi connectivity index (χ1n) is 7.08. The Morgan fingerprint density at radius 3 is 2.65 bits per heavy atom. The Labute approximate surface area is 125 Å². The molecule has 0 bridgehead atoms. The Hall–Kier alpha value is -1.26. The number of aromatic nitrogens is 2. The lowest BCUT2D eigenvalue weighted by atomic mass is 9.96. The highest BCUT2D eigenvalue weighted by Gasteiger charge is 2.20. The quantitative estimate of drug-likeness (QED) is 0.910. The molecular formula is C16H23N3S. The minimum Gasteiger partial charge on any atom is -0.312 e. The van der Waals surface area contributed by atoms with E-state index < -0.39 is 0 Å². The molecule has 1 heterocycles. The molecular weight excluding hydrogens is 266 g/mol. The summed E-state index contributed by atoms with van der Waals surface area (Å²) >= 11 is 1.52. The molecule has 1 aromatic heterocycles. The summed E-state index contributed by atoms with van der Waals surface area (Å²) in [7, 11) is 2.01. The summed E-state index contributed by atoms with van der Waals surface area (Å²) in [6.45, 7) is 8.66. The van der Waals surface area contributed by atoms with E-state index in [1.807, 2.05) is 7.05 Å². The van der Waals surface area contributed by atoms with Crippen LogP contribution in [0.2, 0.25) is 0 Å². The van der Waals surface area contributed by atoms with Crippen LogP contribution in [0.15, 0.2) is 18.2 Å². The summed E-state index contributed by atoms with van der Waals surface area (Å²) in [4.78, 5) is 1.27. The number of aryl methyl sites for hydroxylation is 2. The van der Waals surface area contributed by atoms with Gasteiger partial charge in [-0.3, -0.25) is 0 Å². The summed E-state index contributed by atoms with van der Waals surface area (Å²) < 4.78 is 4.15. The number of hydrogen-bond acceptors (Lipinski definition) is 4. The molecule has 0 aliphatic heterocycles. The van der Waals surface area contributed by atoms with Gasteiger partial charge in [-0.1, -0.05) is 42.1 Å². The molecule has 0 saturated carbocycles. The van der Waals surface area contributed by atoms with Crippen LogP contribution < -0.4 is 5.32 Å². The van der Waals surface area contributed by atoms with Crippen molar-refractivity contribution in [3.63, 3.8) is 0 Å². The standard InChI is InChI=1S/C16H23N3S/c1-10(2)15-16(20-19-18-15)14(17-5)9-13-8-11(3)6-7-12(13)4/h6-8,10,14,17H,9H2,1-5H3. The fourth-order valence-corrected chi connectivity index (χ4v) is 3.33. The fraction of sp³-hybridized carbons (Fsp3) is 0.500. The number of hydrogen-bond donors (Lipinski definition) is 1. The van der Waals surface area contributed by atoms with E-state index in [0.717, 1.165) is 12.1 Å². The maximum absolute atomic E-state index is 4.29. The number of nitrogens with one attached hydrogen (secondary N) is 1. The zero-order valence-electron chi connectivity index (χ0n) is 12.9. The lowest BCUT2D eigenvalue weighted by Gasteiger charge is -2.18. The third-order valence-electron chi connectivity index (χ3n) is 3.68. The van der Waals surface area contributed by atoms with E-state index in [4.69, 9.17) is 0 Å². The van der Waals surface area contributed by atoms with Gasteiger partial charge in [0.25, 0.3) is 0 Å². The Kier molecular flexibility index (Phi) is 4.89. The van der Waals surface area contributed by atoms with E-state index in [0.29, 0.717) is 5.92 Å². The van der Waals surface area contributed by atoms with E-state index in [9.17, 15) is 0 Å². The number of benzene rings is 1. The van der Waals surface area contributed by atoms with E-state index in [-0.39, 0.29) is 6.04 Å². The molecule has 0 fully saturated rings. The van der Waals surface area contributed by atoms with Gasteiger partial charge in [0.05, 0.1) is 10.6 Å². The van der Waals surface area contributed by atoms with Crippen molar-refractivity contribution in [3.8, 4) is 0 Å². The van der Waals surface area contributed by atoms with Crippen LogP contribution in [0.25, 0.3) is 0 Å². The van der Waals surface area contributed by atoms with Crippen LogP contribution >= 0.6 is 11.5 Å². The van der Waals surface area contributed by atoms with E-state index in [1.165, 1.54) is 33.1 Å². The molecule has 1 aromatic carbocycles. The summed E-state index contributed by atoms with van der Waals surface area (Å²) in [5.74, 6) is 0.415. The van der Waals surface area contributed by atoms with Gasteiger partial charge >= 0.3 is 0 Å². The highest BCUT2D eigenvalue weighted by atomic mass is 32.1. The fourth-order valence-electron chi connectivity index (χ4n) is 2.41. The van der Waals surface area contributed by atoms with E-state index in [2.05, 4.69) is 60.8 Å². The molecule has 2 aromatic rings. The van der Waals surface area contributed by atoms with Crippen molar-refractivity contribution < 1.29 is 0 Å². The molecule has 3 nitrogen and oxygen atoms in total. The normalized spacial score (nSPS) is 12.9. The van der Waals surface area contributed by atoms with Gasteiger partial charge in [0.1, 0.15) is 0 Å². The van der Waals surface area contributed by atoms with Crippen LogP contribution in [0.5, 0.6) is 0 Å². The second-order valence-corrected chi connectivity index (χ2v) is 6.44. The molecule has 2 rings (SSSR count). The van der Waals surface area contributed by atoms with Gasteiger partial charge in [-0.25, -0.2) is 0 Å². The minimum atomic E-state index is 0.285. The monoisotopic (exact) mass is 289 g/mol. The number of rotatable bonds is 5. The van der Waals surface area contributed by atoms with Crippen molar-refractivity contribution in [1.29, 1.82) is 0 Å². The van der Waals surface area contributed by atoms with Gasteiger partial charge in [0.15, 0.2) is 0 Å². The van der Waals surface area contributed by atoms with Gasteiger partial charge in [-0.2, -0.15) is 0 Å². The molecule has 0 amide bonds. The molecule has 0 radical (unpaired) electrons. The molecule has 108 valence electrons. The first kappa shape index (κ1) is 15.1. The average molecular weight is 289 g/mol. The minimum absolute atomic E-state index is 0.285. The van der Waals surface area contributed by atoms with Crippen LogP contribution in [-0.4, -0.2) is 16.6 Å². The first-order chi connectivity index (χ1) is 9.52. The van der Waals surface area contributed by atoms with Crippen LogP contribution in [0.3, 0.4) is 0 Å². The largest absolute Gasteiger partial charge is 0.312 e. The third-order valence-corrected chi connectivity index (χ3v) is 4.53. The molecule has 1 N–H and O–H groups in total.